The molecule has 0 aliphatic rings. The third kappa shape index (κ3) is 8.80. The summed E-state index contributed by atoms with van der Waals surface area (Å²) in [5, 5.41) is 0. The van der Waals surface area contributed by atoms with Crippen molar-refractivity contribution in [2.45, 2.75) is 77.6 Å². The molecule has 0 spiro atoms. The van der Waals surface area contributed by atoms with Gasteiger partial charge in [0.05, 0.1) is 0 Å². The second kappa shape index (κ2) is 11.7. The van der Waals surface area contributed by atoms with E-state index in [0.717, 1.165) is 0 Å². The molecule has 0 atom stereocenters. The Hall–Kier alpha value is -0.980. The quantitative estimate of drug-likeness (QED) is 0.413. The fourth-order valence-corrected chi connectivity index (χ4v) is 2.81. The van der Waals surface area contributed by atoms with E-state index >= 15 is 0 Å². The summed E-state index contributed by atoms with van der Waals surface area (Å²) in [5.41, 5.74) is 2.81. The minimum Gasteiger partial charge on any atom is -0.378 e. The molecular formula is C20H35N. The molecule has 0 radical (unpaired) electrons. The van der Waals surface area contributed by atoms with E-state index in [4.69, 9.17) is 0 Å². The minimum absolute atomic E-state index is 1.23. The Balaban J connectivity index is 2.00. The Morgan fingerprint density at radius 3 is 1.90 bits per heavy atom. The Labute approximate surface area is 132 Å². The van der Waals surface area contributed by atoms with E-state index in [1.165, 1.54) is 81.9 Å². The molecule has 0 aliphatic carbocycles. The van der Waals surface area contributed by atoms with Crippen LogP contribution in [-0.2, 0) is 6.42 Å². The third-order valence-electron chi connectivity index (χ3n) is 4.25. The van der Waals surface area contributed by atoms with Crippen LogP contribution in [-0.4, -0.2) is 14.1 Å². The van der Waals surface area contributed by atoms with Crippen LogP contribution in [0.25, 0.3) is 0 Å². The lowest BCUT2D eigenvalue weighted by molar-refractivity contribution is 0.556. The van der Waals surface area contributed by atoms with Gasteiger partial charge in [-0.1, -0.05) is 76.8 Å². The van der Waals surface area contributed by atoms with Crippen molar-refractivity contribution in [3.63, 3.8) is 0 Å². The number of anilines is 1. The van der Waals surface area contributed by atoms with Gasteiger partial charge in [-0.3, -0.25) is 0 Å². The topological polar surface area (TPSA) is 3.24 Å². The second-order valence-corrected chi connectivity index (χ2v) is 6.50. The van der Waals surface area contributed by atoms with Gasteiger partial charge < -0.3 is 4.90 Å². The molecule has 0 heterocycles. The van der Waals surface area contributed by atoms with E-state index < -0.39 is 0 Å². The van der Waals surface area contributed by atoms with E-state index in [1.54, 1.807) is 0 Å². The normalized spacial score (nSPS) is 10.8. The highest BCUT2D eigenvalue weighted by molar-refractivity contribution is 5.47. The number of benzene rings is 1. The van der Waals surface area contributed by atoms with E-state index in [2.05, 4.69) is 50.2 Å². The maximum Gasteiger partial charge on any atom is 0.0363 e. The number of aryl methyl sites for hydroxylation is 1. The minimum atomic E-state index is 1.23. The van der Waals surface area contributed by atoms with Crippen LogP contribution >= 0.6 is 0 Å². The molecule has 0 aromatic heterocycles. The van der Waals surface area contributed by atoms with Crippen LogP contribution in [0.1, 0.15) is 76.7 Å². The van der Waals surface area contributed by atoms with Crippen molar-refractivity contribution < 1.29 is 0 Å². The van der Waals surface area contributed by atoms with Crippen LogP contribution in [0.5, 0.6) is 0 Å². The molecule has 1 heteroatoms. The highest BCUT2D eigenvalue weighted by atomic mass is 15.1. The van der Waals surface area contributed by atoms with Crippen molar-refractivity contribution in [3.05, 3.63) is 29.8 Å². The summed E-state index contributed by atoms with van der Waals surface area (Å²) in [7, 11) is 4.22. The summed E-state index contributed by atoms with van der Waals surface area (Å²) < 4.78 is 0. The molecule has 0 amide bonds. The zero-order valence-corrected chi connectivity index (χ0v) is 14.5. The van der Waals surface area contributed by atoms with E-state index in [-0.39, 0.29) is 0 Å². The molecule has 21 heavy (non-hydrogen) atoms. The van der Waals surface area contributed by atoms with Crippen molar-refractivity contribution in [2.75, 3.05) is 19.0 Å². The molecule has 1 nitrogen and oxygen atoms in total. The van der Waals surface area contributed by atoms with E-state index in [9.17, 15) is 0 Å². The van der Waals surface area contributed by atoms with Crippen molar-refractivity contribution >= 4 is 5.69 Å². The lowest BCUT2D eigenvalue weighted by Gasteiger charge is -2.13. The predicted molar refractivity (Wildman–Crippen MR) is 96.3 cm³/mol. The fraction of sp³-hybridized carbons (Fsp3) is 0.700. The Kier molecular flexibility index (Phi) is 10.0. The van der Waals surface area contributed by atoms with Crippen LogP contribution in [0.4, 0.5) is 5.69 Å². The van der Waals surface area contributed by atoms with Gasteiger partial charge in [-0.25, -0.2) is 0 Å². The van der Waals surface area contributed by atoms with Gasteiger partial charge in [-0.05, 0) is 30.5 Å². The average molecular weight is 290 g/mol. The van der Waals surface area contributed by atoms with Crippen LogP contribution in [0, 0.1) is 0 Å². The number of rotatable bonds is 12. The molecule has 0 unspecified atom stereocenters. The first-order valence-corrected chi connectivity index (χ1v) is 9.00. The lowest BCUT2D eigenvalue weighted by atomic mass is 10.0. The van der Waals surface area contributed by atoms with E-state index in [1.807, 2.05) is 0 Å². The van der Waals surface area contributed by atoms with Crippen LogP contribution in [0.2, 0.25) is 0 Å². The van der Waals surface area contributed by atoms with Crippen molar-refractivity contribution in [1.29, 1.82) is 0 Å². The number of nitrogens with zero attached hydrogens (tertiary/aromatic N) is 1. The zero-order chi connectivity index (χ0) is 15.3. The summed E-state index contributed by atoms with van der Waals surface area (Å²) in [6.45, 7) is 2.29. The van der Waals surface area contributed by atoms with Gasteiger partial charge in [0.1, 0.15) is 0 Å². The SMILES string of the molecule is CCCCCCCCCCCCc1cccc(N(C)C)c1. The monoisotopic (exact) mass is 289 g/mol. The van der Waals surface area contributed by atoms with Crippen molar-refractivity contribution in [3.8, 4) is 0 Å². The maximum atomic E-state index is 2.33. The summed E-state index contributed by atoms with van der Waals surface area (Å²) in [4.78, 5) is 2.18. The molecule has 1 rings (SSSR count). The standard InChI is InChI=1S/C20H35N/c1-4-5-6-7-8-9-10-11-12-13-15-19-16-14-17-20(18-19)21(2)3/h14,16-18H,4-13,15H2,1-3H3. The third-order valence-corrected chi connectivity index (χ3v) is 4.25. The summed E-state index contributed by atoms with van der Waals surface area (Å²) >= 11 is 0. The number of hydrogen-bond donors (Lipinski definition) is 0. The molecule has 0 bridgehead atoms. The molecular weight excluding hydrogens is 254 g/mol. The summed E-state index contributed by atoms with van der Waals surface area (Å²) in [6, 6.07) is 8.96. The van der Waals surface area contributed by atoms with Crippen LogP contribution in [0.15, 0.2) is 24.3 Å². The fourth-order valence-electron chi connectivity index (χ4n) is 2.81. The van der Waals surface area contributed by atoms with Gasteiger partial charge in [0.25, 0.3) is 0 Å². The molecule has 0 saturated heterocycles. The highest BCUT2D eigenvalue weighted by Gasteiger charge is 1.98. The molecule has 120 valence electrons. The second-order valence-electron chi connectivity index (χ2n) is 6.50. The number of unbranched alkanes of at least 4 members (excludes halogenated alkanes) is 9. The van der Waals surface area contributed by atoms with Gasteiger partial charge in [0.2, 0.25) is 0 Å². The molecule has 0 fully saturated rings. The Morgan fingerprint density at radius 2 is 1.33 bits per heavy atom. The van der Waals surface area contributed by atoms with Crippen molar-refractivity contribution in [2.24, 2.45) is 0 Å². The predicted octanol–water partition coefficient (Wildman–Crippen LogP) is 6.22. The first-order valence-electron chi connectivity index (χ1n) is 9.00. The largest absolute Gasteiger partial charge is 0.378 e. The Bertz CT molecular complexity index is 357. The first kappa shape index (κ1) is 18.1. The van der Waals surface area contributed by atoms with Gasteiger partial charge >= 0.3 is 0 Å². The van der Waals surface area contributed by atoms with Gasteiger partial charge in [0, 0.05) is 19.8 Å². The highest BCUT2D eigenvalue weighted by Crippen LogP contribution is 2.16. The molecule has 0 N–H and O–H groups in total. The Morgan fingerprint density at radius 1 is 0.762 bits per heavy atom. The summed E-state index contributed by atoms with van der Waals surface area (Å²) in [5.74, 6) is 0. The molecule has 0 aliphatic heterocycles. The lowest BCUT2D eigenvalue weighted by Crippen LogP contribution is -2.08. The molecule has 1 aromatic carbocycles. The van der Waals surface area contributed by atoms with Gasteiger partial charge in [-0.15, -0.1) is 0 Å². The smallest absolute Gasteiger partial charge is 0.0363 e. The van der Waals surface area contributed by atoms with Crippen molar-refractivity contribution in [1.82, 2.24) is 0 Å². The first-order chi connectivity index (χ1) is 10.2. The van der Waals surface area contributed by atoms with Crippen LogP contribution in [0.3, 0.4) is 0 Å². The number of hydrogen-bond acceptors (Lipinski definition) is 1. The summed E-state index contributed by atoms with van der Waals surface area (Å²) in [6.07, 6.45) is 15.4. The van der Waals surface area contributed by atoms with E-state index in [0.29, 0.717) is 0 Å². The average Bonchev–Trinajstić information content (AvgIpc) is 2.49. The zero-order valence-electron chi connectivity index (χ0n) is 14.5. The van der Waals surface area contributed by atoms with Gasteiger partial charge in [-0.2, -0.15) is 0 Å². The van der Waals surface area contributed by atoms with Gasteiger partial charge in [0.15, 0.2) is 0 Å². The van der Waals surface area contributed by atoms with Crippen LogP contribution < -0.4 is 4.90 Å². The molecule has 1 aromatic rings. The maximum absolute atomic E-state index is 2.33. The molecule has 0 saturated carbocycles.